The highest BCUT2D eigenvalue weighted by Gasteiger charge is 2.19. The number of nitrogens with two attached hydrogens (primary N) is 1. The van der Waals surface area contributed by atoms with Gasteiger partial charge in [0.1, 0.15) is 5.75 Å². The summed E-state index contributed by atoms with van der Waals surface area (Å²) in [6, 6.07) is 15.1. The molecule has 0 amide bonds. The number of hydrogen-bond donors (Lipinski definition) is 2. The van der Waals surface area contributed by atoms with Gasteiger partial charge in [-0.2, -0.15) is 0 Å². The Morgan fingerprint density at radius 1 is 1.25 bits per heavy atom. The molecule has 0 aliphatic carbocycles. The van der Waals surface area contributed by atoms with Crippen molar-refractivity contribution in [1.29, 1.82) is 0 Å². The van der Waals surface area contributed by atoms with E-state index < -0.39 is 11.9 Å². The average Bonchev–Trinajstić information content (AvgIpc) is 2.48. The van der Waals surface area contributed by atoms with Crippen LogP contribution in [0.1, 0.15) is 11.5 Å². The van der Waals surface area contributed by atoms with Gasteiger partial charge in [-0.1, -0.05) is 36.4 Å². The van der Waals surface area contributed by atoms with Crippen LogP contribution < -0.4 is 10.5 Å². The van der Waals surface area contributed by atoms with E-state index in [2.05, 4.69) is 0 Å². The maximum Gasteiger partial charge on any atom is 0.312 e. The van der Waals surface area contributed by atoms with Crippen molar-refractivity contribution in [3.63, 3.8) is 0 Å². The SMILES string of the molecule is COc1ccc(C(CN)C(=O)O)cc1-c1ccccc1. The summed E-state index contributed by atoms with van der Waals surface area (Å²) in [7, 11) is 1.60. The fourth-order valence-electron chi connectivity index (χ4n) is 2.17. The molecule has 0 bridgehead atoms. The second-order valence-electron chi connectivity index (χ2n) is 4.45. The van der Waals surface area contributed by atoms with Gasteiger partial charge in [-0.3, -0.25) is 4.79 Å². The van der Waals surface area contributed by atoms with Crippen LogP contribution in [-0.2, 0) is 4.79 Å². The maximum absolute atomic E-state index is 11.2. The normalized spacial score (nSPS) is 11.9. The fraction of sp³-hybridized carbons (Fsp3) is 0.188. The Morgan fingerprint density at radius 2 is 1.95 bits per heavy atom. The van der Waals surface area contributed by atoms with Gasteiger partial charge in [0.05, 0.1) is 13.0 Å². The van der Waals surface area contributed by atoms with Crippen molar-refractivity contribution in [3.05, 3.63) is 54.1 Å². The van der Waals surface area contributed by atoms with Crippen LogP contribution in [0.3, 0.4) is 0 Å². The van der Waals surface area contributed by atoms with Crippen LogP contribution in [0.25, 0.3) is 11.1 Å². The van der Waals surface area contributed by atoms with Crippen molar-refractivity contribution in [2.45, 2.75) is 5.92 Å². The lowest BCUT2D eigenvalue weighted by molar-refractivity contribution is -0.138. The summed E-state index contributed by atoms with van der Waals surface area (Å²) < 4.78 is 5.35. The highest BCUT2D eigenvalue weighted by atomic mass is 16.5. The quantitative estimate of drug-likeness (QED) is 0.876. The first-order valence-electron chi connectivity index (χ1n) is 6.33. The molecule has 0 aromatic heterocycles. The highest BCUT2D eigenvalue weighted by Crippen LogP contribution is 2.32. The first-order chi connectivity index (χ1) is 9.67. The second-order valence-corrected chi connectivity index (χ2v) is 4.45. The van der Waals surface area contributed by atoms with E-state index in [4.69, 9.17) is 10.5 Å². The van der Waals surface area contributed by atoms with Crippen LogP contribution in [0.15, 0.2) is 48.5 Å². The predicted molar refractivity (Wildman–Crippen MR) is 77.9 cm³/mol. The number of hydrogen-bond acceptors (Lipinski definition) is 3. The molecule has 2 aromatic rings. The summed E-state index contributed by atoms with van der Waals surface area (Å²) in [5.41, 5.74) is 8.08. The van der Waals surface area contributed by atoms with Crippen molar-refractivity contribution in [3.8, 4) is 16.9 Å². The molecule has 4 heteroatoms. The van der Waals surface area contributed by atoms with Crippen LogP contribution in [0.5, 0.6) is 5.75 Å². The molecule has 0 saturated carbocycles. The molecule has 0 radical (unpaired) electrons. The Hall–Kier alpha value is -2.33. The van der Waals surface area contributed by atoms with Crippen molar-refractivity contribution in [2.75, 3.05) is 13.7 Å². The third-order valence-corrected chi connectivity index (χ3v) is 3.24. The molecule has 2 aromatic carbocycles. The molecular formula is C16H17NO3. The van der Waals surface area contributed by atoms with Crippen LogP contribution >= 0.6 is 0 Å². The van der Waals surface area contributed by atoms with Crippen LogP contribution in [-0.4, -0.2) is 24.7 Å². The van der Waals surface area contributed by atoms with E-state index in [0.29, 0.717) is 11.3 Å². The van der Waals surface area contributed by atoms with E-state index >= 15 is 0 Å². The molecule has 0 heterocycles. The van der Waals surface area contributed by atoms with Gasteiger partial charge in [-0.15, -0.1) is 0 Å². The number of ether oxygens (including phenoxy) is 1. The summed E-state index contributed by atoms with van der Waals surface area (Å²) in [6.07, 6.45) is 0. The Labute approximate surface area is 117 Å². The first kappa shape index (κ1) is 14.1. The zero-order chi connectivity index (χ0) is 14.5. The van der Waals surface area contributed by atoms with E-state index in [1.165, 1.54) is 0 Å². The average molecular weight is 271 g/mol. The van der Waals surface area contributed by atoms with Gasteiger partial charge >= 0.3 is 5.97 Å². The zero-order valence-electron chi connectivity index (χ0n) is 11.2. The first-order valence-corrected chi connectivity index (χ1v) is 6.33. The Balaban J connectivity index is 2.52. The van der Waals surface area contributed by atoms with Gasteiger partial charge in [0.25, 0.3) is 0 Å². The highest BCUT2D eigenvalue weighted by molar-refractivity contribution is 5.79. The number of aliphatic carboxylic acids is 1. The van der Waals surface area contributed by atoms with Gasteiger partial charge in [-0.05, 0) is 23.3 Å². The molecular weight excluding hydrogens is 254 g/mol. The van der Waals surface area contributed by atoms with Gasteiger partial charge < -0.3 is 15.6 Å². The molecule has 1 unspecified atom stereocenters. The monoisotopic (exact) mass is 271 g/mol. The standard InChI is InChI=1S/C16H17NO3/c1-20-15-8-7-12(14(10-17)16(18)19)9-13(15)11-5-3-2-4-6-11/h2-9,14H,10,17H2,1H3,(H,18,19). The summed E-state index contributed by atoms with van der Waals surface area (Å²) in [4.78, 5) is 11.2. The molecule has 2 rings (SSSR count). The van der Waals surface area contributed by atoms with Crippen molar-refractivity contribution >= 4 is 5.97 Å². The Bertz CT molecular complexity index is 596. The van der Waals surface area contributed by atoms with Gasteiger partial charge in [0.2, 0.25) is 0 Å². The van der Waals surface area contributed by atoms with Crippen LogP contribution in [0, 0.1) is 0 Å². The molecule has 1 atom stereocenters. The fourth-order valence-corrected chi connectivity index (χ4v) is 2.17. The van der Waals surface area contributed by atoms with Crippen LogP contribution in [0.4, 0.5) is 0 Å². The molecule has 0 saturated heterocycles. The lowest BCUT2D eigenvalue weighted by Gasteiger charge is -2.14. The minimum Gasteiger partial charge on any atom is -0.496 e. The van der Waals surface area contributed by atoms with E-state index in [1.54, 1.807) is 19.2 Å². The third kappa shape index (κ3) is 2.81. The topological polar surface area (TPSA) is 72.5 Å². The molecule has 3 N–H and O–H groups in total. The molecule has 0 spiro atoms. The summed E-state index contributed by atoms with van der Waals surface area (Å²) in [5.74, 6) is -0.916. The van der Waals surface area contributed by atoms with Gasteiger partial charge in [-0.25, -0.2) is 0 Å². The van der Waals surface area contributed by atoms with Gasteiger partial charge in [0, 0.05) is 12.1 Å². The number of methoxy groups -OCH3 is 1. The number of carboxylic acid groups (broad SMARTS) is 1. The smallest absolute Gasteiger partial charge is 0.312 e. The zero-order valence-corrected chi connectivity index (χ0v) is 11.2. The minimum atomic E-state index is -0.920. The summed E-state index contributed by atoms with van der Waals surface area (Å²) in [5, 5.41) is 9.20. The molecule has 0 aliphatic heterocycles. The van der Waals surface area contributed by atoms with Crippen LogP contribution in [0.2, 0.25) is 0 Å². The number of rotatable bonds is 5. The van der Waals surface area contributed by atoms with E-state index in [0.717, 1.165) is 11.1 Å². The Kier molecular flexibility index (Phi) is 4.38. The molecule has 4 nitrogen and oxygen atoms in total. The van der Waals surface area contributed by atoms with E-state index in [1.807, 2.05) is 36.4 Å². The van der Waals surface area contributed by atoms with Crippen molar-refractivity contribution in [1.82, 2.24) is 0 Å². The molecule has 20 heavy (non-hydrogen) atoms. The van der Waals surface area contributed by atoms with Crippen molar-refractivity contribution < 1.29 is 14.6 Å². The van der Waals surface area contributed by atoms with Gasteiger partial charge in [0.15, 0.2) is 0 Å². The van der Waals surface area contributed by atoms with E-state index in [-0.39, 0.29) is 6.54 Å². The number of carboxylic acids is 1. The Morgan fingerprint density at radius 3 is 2.50 bits per heavy atom. The summed E-state index contributed by atoms with van der Waals surface area (Å²) >= 11 is 0. The molecule has 104 valence electrons. The largest absolute Gasteiger partial charge is 0.496 e. The lowest BCUT2D eigenvalue weighted by atomic mass is 9.94. The predicted octanol–water partition coefficient (Wildman–Crippen LogP) is 2.49. The summed E-state index contributed by atoms with van der Waals surface area (Å²) in [6.45, 7) is 0.0654. The number of benzene rings is 2. The maximum atomic E-state index is 11.2. The molecule has 0 fully saturated rings. The second kappa shape index (κ2) is 6.21. The number of carbonyl (C=O) groups is 1. The minimum absolute atomic E-state index is 0.0654. The molecule has 0 aliphatic rings. The third-order valence-electron chi connectivity index (χ3n) is 3.24. The van der Waals surface area contributed by atoms with E-state index in [9.17, 15) is 9.90 Å². The van der Waals surface area contributed by atoms with Crippen molar-refractivity contribution in [2.24, 2.45) is 5.73 Å². The lowest BCUT2D eigenvalue weighted by Crippen LogP contribution is -2.21.